The second-order valence-electron chi connectivity index (χ2n) is 7.72. The number of aromatic nitrogens is 3. The number of amides is 1. The molecule has 0 unspecified atom stereocenters. The molecule has 0 spiro atoms. The molecule has 29 heavy (non-hydrogen) atoms. The van der Waals surface area contributed by atoms with Gasteiger partial charge in [0.2, 0.25) is 11.7 Å². The molecular formula is C20H20FN5O3. The van der Waals surface area contributed by atoms with Crippen LogP contribution in [0.5, 0.6) is 0 Å². The summed E-state index contributed by atoms with van der Waals surface area (Å²) < 4.78 is 24.8. The van der Waals surface area contributed by atoms with E-state index in [4.69, 9.17) is 8.94 Å². The fourth-order valence-corrected chi connectivity index (χ4v) is 4.55. The lowest BCUT2D eigenvalue weighted by atomic mass is 9.89. The van der Waals surface area contributed by atoms with Crippen LogP contribution in [0.15, 0.2) is 39.3 Å². The number of carbonyl (C=O) groups excluding carboxylic acids is 1. The summed E-state index contributed by atoms with van der Waals surface area (Å²) in [6.45, 7) is 5.40. The first-order valence-electron chi connectivity index (χ1n) is 9.54. The summed E-state index contributed by atoms with van der Waals surface area (Å²) in [7, 11) is 0. The van der Waals surface area contributed by atoms with Crippen LogP contribution >= 0.6 is 0 Å². The molecule has 150 valence electrons. The van der Waals surface area contributed by atoms with E-state index in [-0.39, 0.29) is 35.4 Å². The highest BCUT2D eigenvalue weighted by molar-refractivity contribution is 5.92. The molecule has 4 heterocycles. The Balaban J connectivity index is 1.48. The molecule has 2 fully saturated rings. The van der Waals surface area contributed by atoms with Gasteiger partial charge in [-0.3, -0.25) is 4.79 Å². The predicted molar refractivity (Wildman–Crippen MR) is 99.6 cm³/mol. The van der Waals surface area contributed by atoms with Gasteiger partial charge in [0.05, 0.1) is 11.7 Å². The van der Waals surface area contributed by atoms with Crippen molar-refractivity contribution in [3.8, 4) is 0 Å². The standard InChI is InChI=1S/C20H20FN5O3/c1-11-6-17(29-24-11)19(27)26-9-14-8-25(20-23-22-12(2)28-20)10-16(14)18(26)13-4-3-5-15(21)7-13/h3-7,14,16,18H,8-10H2,1-2H3/t14-,16-,18+/m0/s1. The van der Waals surface area contributed by atoms with Crippen molar-refractivity contribution >= 4 is 11.9 Å². The van der Waals surface area contributed by atoms with Crippen molar-refractivity contribution < 1.29 is 18.1 Å². The number of likely N-dealkylation sites (tertiary alicyclic amines) is 1. The van der Waals surface area contributed by atoms with E-state index in [9.17, 15) is 9.18 Å². The molecule has 9 heteroatoms. The normalized spacial score (nSPS) is 23.6. The number of fused-ring (bicyclic) bond motifs is 1. The molecule has 2 saturated heterocycles. The minimum Gasteiger partial charge on any atom is -0.408 e. The molecule has 2 aliphatic heterocycles. The van der Waals surface area contributed by atoms with Crippen LogP contribution in [0.25, 0.3) is 0 Å². The highest BCUT2D eigenvalue weighted by atomic mass is 19.1. The maximum absolute atomic E-state index is 14.0. The Morgan fingerprint density at radius 2 is 2.03 bits per heavy atom. The van der Waals surface area contributed by atoms with E-state index in [2.05, 4.69) is 15.4 Å². The highest BCUT2D eigenvalue weighted by Gasteiger charge is 2.50. The van der Waals surface area contributed by atoms with Crippen LogP contribution in [-0.2, 0) is 0 Å². The highest BCUT2D eigenvalue weighted by Crippen LogP contribution is 2.46. The minimum atomic E-state index is -0.323. The number of anilines is 1. The number of halogens is 1. The Morgan fingerprint density at radius 3 is 2.72 bits per heavy atom. The number of rotatable bonds is 3. The van der Waals surface area contributed by atoms with Crippen LogP contribution in [0, 0.1) is 31.5 Å². The molecule has 8 nitrogen and oxygen atoms in total. The van der Waals surface area contributed by atoms with Crippen LogP contribution in [-0.4, -0.2) is 45.8 Å². The Hall–Kier alpha value is -3.23. The zero-order valence-corrected chi connectivity index (χ0v) is 16.1. The number of carbonyl (C=O) groups is 1. The van der Waals surface area contributed by atoms with Crippen molar-refractivity contribution in [2.24, 2.45) is 11.8 Å². The van der Waals surface area contributed by atoms with Gasteiger partial charge in [-0.1, -0.05) is 22.4 Å². The van der Waals surface area contributed by atoms with Crippen LogP contribution in [0.2, 0.25) is 0 Å². The lowest BCUT2D eigenvalue weighted by Gasteiger charge is -2.29. The third-order valence-electron chi connectivity index (χ3n) is 5.74. The zero-order valence-electron chi connectivity index (χ0n) is 16.1. The van der Waals surface area contributed by atoms with Gasteiger partial charge in [-0.05, 0) is 24.6 Å². The monoisotopic (exact) mass is 397 g/mol. The summed E-state index contributed by atoms with van der Waals surface area (Å²) in [4.78, 5) is 17.0. The third-order valence-corrected chi connectivity index (χ3v) is 5.74. The van der Waals surface area contributed by atoms with Crippen LogP contribution in [0.3, 0.4) is 0 Å². The summed E-state index contributed by atoms with van der Waals surface area (Å²) in [6.07, 6.45) is 0. The Kier molecular flexibility index (Phi) is 4.11. The predicted octanol–water partition coefficient (Wildman–Crippen LogP) is 2.76. The lowest BCUT2D eigenvalue weighted by Crippen LogP contribution is -2.35. The second kappa shape index (κ2) is 6.68. The van der Waals surface area contributed by atoms with Crippen molar-refractivity contribution in [2.45, 2.75) is 19.9 Å². The second-order valence-corrected chi connectivity index (χ2v) is 7.72. The summed E-state index contributed by atoms with van der Waals surface area (Å²) in [6, 6.07) is 8.28. The number of hydrogen-bond donors (Lipinski definition) is 0. The largest absolute Gasteiger partial charge is 0.408 e. The van der Waals surface area contributed by atoms with Crippen LogP contribution in [0.1, 0.15) is 33.7 Å². The maximum Gasteiger partial charge on any atom is 0.318 e. The van der Waals surface area contributed by atoms with E-state index < -0.39 is 0 Å². The van der Waals surface area contributed by atoms with Gasteiger partial charge in [0, 0.05) is 44.5 Å². The summed E-state index contributed by atoms with van der Waals surface area (Å²) in [5.74, 6) is 0.468. The SMILES string of the molecule is Cc1cc(C(=O)N2C[C@@H]3CN(c4nnc(C)o4)C[C@@H]3[C@H]2c2cccc(F)c2)on1. The number of nitrogens with zero attached hydrogens (tertiary/aromatic N) is 5. The number of aryl methyl sites for hydroxylation is 2. The van der Waals surface area contributed by atoms with E-state index in [0.29, 0.717) is 37.2 Å². The third kappa shape index (κ3) is 3.06. The molecule has 0 aliphatic carbocycles. The fourth-order valence-electron chi connectivity index (χ4n) is 4.55. The Bertz CT molecular complexity index is 1060. The Morgan fingerprint density at radius 1 is 1.17 bits per heavy atom. The van der Waals surface area contributed by atoms with Crippen molar-refractivity contribution in [3.63, 3.8) is 0 Å². The molecule has 3 aromatic rings. The quantitative estimate of drug-likeness (QED) is 0.671. The van der Waals surface area contributed by atoms with Crippen molar-refractivity contribution in [3.05, 3.63) is 59.1 Å². The first-order chi connectivity index (χ1) is 14.0. The molecule has 3 atom stereocenters. The molecular weight excluding hydrogens is 377 g/mol. The van der Waals surface area contributed by atoms with Gasteiger partial charge in [0.25, 0.3) is 5.91 Å². The van der Waals surface area contributed by atoms with Gasteiger partial charge < -0.3 is 18.7 Å². The molecule has 5 rings (SSSR count). The molecule has 0 saturated carbocycles. The average Bonchev–Trinajstić information content (AvgIpc) is 3.44. The molecule has 1 amide bonds. The molecule has 0 bridgehead atoms. The molecule has 2 aliphatic rings. The van der Waals surface area contributed by atoms with E-state index in [1.54, 1.807) is 30.9 Å². The minimum absolute atomic E-state index is 0.108. The average molecular weight is 397 g/mol. The fraction of sp³-hybridized carbons (Fsp3) is 0.400. The van der Waals surface area contributed by atoms with Gasteiger partial charge in [-0.25, -0.2) is 4.39 Å². The van der Waals surface area contributed by atoms with Gasteiger partial charge >= 0.3 is 6.01 Å². The van der Waals surface area contributed by atoms with E-state index in [1.807, 2.05) is 11.0 Å². The lowest BCUT2D eigenvalue weighted by molar-refractivity contribution is 0.0672. The van der Waals surface area contributed by atoms with Gasteiger partial charge in [0.1, 0.15) is 5.82 Å². The summed E-state index contributed by atoms with van der Waals surface area (Å²) >= 11 is 0. The Labute approximate surface area is 166 Å². The van der Waals surface area contributed by atoms with Crippen molar-refractivity contribution in [2.75, 3.05) is 24.5 Å². The molecule has 2 aromatic heterocycles. The smallest absolute Gasteiger partial charge is 0.318 e. The van der Waals surface area contributed by atoms with Crippen molar-refractivity contribution in [1.29, 1.82) is 0 Å². The number of benzene rings is 1. The van der Waals surface area contributed by atoms with E-state index in [0.717, 1.165) is 5.56 Å². The number of hydrogen-bond acceptors (Lipinski definition) is 7. The van der Waals surface area contributed by atoms with Crippen LogP contribution in [0.4, 0.5) is 10.4 Å². The van der Waals surface area contributed by atoms with E-state index >= 15 is 0 Å². The topological polar surface area (TPSA) is 88.5 Å². The molecule has 0 N–H and O–H groups in total. The first kappa shape index (κ1) is 17.8. The summed E-state index contributed by atoms with van der Waals surface area (Å²) in [5.41, 5.74) is 1.42. The van der Waals surface area contributed by atoms with Crippen LogP contribution < -0.4 is 4.90 Å². The molecule has 0 radical (unpaired) electrons. The van der Waals surface area contributed by atoms with Crippen molar-refractivity contribution in [1.82, 2.24) is 20.3 Å². The maximum atomic E-state index is 14.0. The zero-order chi connectivity index (χ0) is 20.1. The van der Waals surface area contributed by atoms with Gasteiger partial charge in [-0.2, -0.15) is 0 Å². The molecule has 1 aromatic carbocycles. The summed E-state index contributed by atoms with van der Waals surface area (Å²) in [5, 5.41) is 11.9. The van der Waals surface area contributed by atoms with Gasteiger partial charge in [-0.15, -0.1) is 5.10 Å². The van der Waals surface area contributed by atoms with Gasteiger partial charge in [0.15, 0.2) is 0 Å². The first-order valence-corrected chi connectivity index (χ1v) is 9.54. The van der Waals surface area contributed by atoms with E-state index in [1.165, 1.54) is 12.1 Å².